The quantitative estimate of drug-likeness (QED) is 0.655. The third-order valence-corrected chi connectivity index (χ3v) is 5.48. The Kier molecular flexibility index (Phi) is 4.79. The SMILES string of the molecule is Cc1ccc(-c2csc(CSc3ccccc3C(=O)O)n2)cc1. The summed E-state index contributed by atoms with van der Waals surface area (Å²) in [4.78, 5) is 16.6. The highest BCUT2D eigenvalue weighted by Gasteiger charge is 2.11. The molecule has 0 amide bonds. The highest BCUT2D eigenvalue weighted by atomic mass is 32.2. The minimum absolute atomic E-state index is 0.341. The Labute approximate surface area is 143 Å². The van der Waals surface area contributed by atoms with Crippen molar-refractivity contribution in [3.05, 3.63) is 70.0 Å². The van der Waals surface area contributed by atoms with Crippen molar-refractivity contribution < 1.29 is 9.90 Å². The maximum absolute atomic E-state index is 11.2. The monoisotopic (exact) mass is 341 g/mol. The molecule has 1 heterocycles. The maximum atomic E-state index is 11.2. The lowest BCUT2D eigenvalue weighted by Gasteiger charge is -2.03. The Morgan fingerprint density at radius 1 is 1.17 bits per heavy atom. The molecule has 0 fully saturated rings. The van der Waals surface area contributed by atoms with Crippen molar-refractivity contribution >= 4 is 29.1 Å². The summed E-state index contributed by atoms with van der Waals surface area (Å²) in [5, 5.41) is 12.2. The van der Waals surface area contributed by atoms with E-state index in [1.165, 1.54) is 17.3 Å². The molecule has 0 atom stereocenters. The van der Waals surface area contributed by atoms with Gasteiger partial charge in [-0.25, -0.2) is 9.78 Å². The standard InChI is InChI=1S/C18H15NO2S2/c1-12-6-8-13(9-7-12)15-10-23-17(19-15)11-22-16-5-3-2-4-14(16)18(20)21/h2-10H,11H2,1H3,(H,20,21). The average Bonchev–Trinajstić information content (AvgIpc) is 3.03. The summed E-state index contributed by atoms with van der Waals surface area (Å²) in [7, 11) is 0. The van der Waals surface area contributed by atoms with E-state index in [0.29, 0.717) is 11.3 Å². The number of carbonyl (C=O) groups is 1. The molecule has 1 N–H and O–H groups in total. The molecular weight excluding hydrogens is 326 g/mol. The summed E-state index contributed by atoms with van der Waals surface area (Å²) in [6.45, 7) is 2.06. The van der Waals surface area contributed by atoms with Gasteiger partial charge in [0.1, 0.15) is 5.01 Å². The van der Waals surface area contributed by atoms with Gasteiger partial charge in [-0.2, -0.15) is 0 Å². The fourth-order valence-electron chi connectivity index (χ4n) is 2.14. The Hall–Kier alpha value is -2.11. The molecule has 2 aromatic carbocycles. The summed E-state index contributed by atoms with van der Waals surface area (Å²) in [6.07, 6.45) is 0. The van der Waals surface area contributed by atoms with Crippen LogP contribution in [-0.2, 0) is 5.75 Å². The molecule has 5 heteroatoms. The number of aryl methyl sites for hydroxylation is 1. The number of aromatic carboxylic acids is 1. The number of hydrogen-bond donors (Lipinski definition) is 1. The Morgan fingerprint density at radius 3 is 2.65 bits per heavy atom. The number of carboxylic acids is 1. The average molecular weight is 341 g/mol. The molecule has 3 aromatic rings. The van der Waals surface area contributed by atoms with Crippen molar-refractivity contribution in [1.29, 1.82) is 0 Å². The molecule has 0 radical (unpaired) electrons. The number of hydrogen-bond acceptors (Lipinski definition) is 4. The number of carboxylic acid groups (broad SMARTS) is 1. The third kappa shape index (κ3) is 3.81. The van der Waals surface area contributed by atoms with E-state index < -0.39 is 5.97 Å². The predicted octanol–water partition coefficient (Wildman–Crippen LogP) is 5.11. The van der Waals surface area contributed by atoms with E-state index in [0.717, 1.165) is 21.2 Å². The fraction of sp³-hybridized carbons (Fsp3) is 0.111. The van der Waals surface area contributed by atoms with Crippen LogP contribution in [0.3, 0.4) is 0 Å². The highest BCUT2D eigenvalue weighted by Crippen LogP contribution is 2.29. The van der Waals surface area contributed by atoms with Gasteiger partial charge in [-0.3, -0.25) is 0 Å². The topological polar surface area (TPSA) is 50.2 Å². The van der Waals surface area contributed by atoms with Crippen LogP contribution in [0.5, 0.6) is 0 Å². The minimum atomic E-state index is -0.896. The van der Waals surface area contributed by atoms with Crippen molar-refractivity contribution in [3.63, 3.8) is 0 Å². The van der Waals surface area contributed by atoms with Gasteiger partial charge in [-0.15, -0.1) is 23.1 Å². The van der Waals surface area contributed by atoms with Crippen LogP contribution >= 0.6 is 23.1 Å². The highest BCUT2D eigenvalue weighted by molar-refractivity contribution is 7.98. The van der Waals surface area contributed by atoms with Gasteiger partial charge in [-0.1, -0.05) is 42.0 Å². The van der Waals surface area contributed by atoms with E-state index in [2.05, 4.69) is 36.2 Å². The molecular formula is C18H15NO2S2. The molecule has 0 bridgehead atoms. The summed E-state index contributed by atoms with van der Waals surface area (Å²) < 4.78 is 0. The molecule has 1 aromatic heterocycles. The lowest BCUT2D eigenvalue weighted by atomic mass is 10.1. The van der Waals surface area contributed by atoms with E-state index in [-0.39, 0.29) is 0 Å². The third-order valence-electron chi connectivity index (χ3n) is 3.37. The second kappa shape index (κ2) is 6.98. The number of nitrogens with zero attached hydrogens (tertiary/aromatic N) is 1. The van der Waals surface area contributed by atoms with E-state index in [1.807, 2.05) is 17.5 Å². The second-order valence-electron chi connectivity index (χ2n) is 5.08. The lowest BCUT2D eigenvalue weighted by Crippen LogP contribution is -1.98. The number of thiazole rings is 1. The summed E-state index contributed by atoms with van der Waals surface area (Å²) >= 11 is 3.11. The summed E-state index contributed by atoms with van der Waals surface area (Å²) in [5.74, 6) is -0.228. The van der Waals surface area contributed by atoms with Gasteiger partial charge in [0.2, 0.25) is 0 Å². The van der Waals surface area contributed by atoms with Crippen LogP contribution in [0.15, 0.2) is 58.8 Å². The lowest BCUT2D eigenvalue weighted by molar-refractivity contribution is 0.0693. The van der Waals surface area contributed by atoms with Gasteiger partial charge in [-0.05, 0) is 19.1 Å². The van der Waals surface area contributed by atoms with E-state index in [1.54, 1.807) is 23.5 Å². The second-order valence-corrected chi connectivity index (χ2v) is 7.04. The normalized spacial score (nSPS) is 10.7. The first kappa shape index (κ1) is 15.8. The molecule has 23 heavy (non-hydrogen) atoms. The van der Waals surface area contributed by atoms with Gasteiger partial charge >= 0.3 is 5.97 Å². The van der Waals surface area contributed by atoms with Crippen molar-refractivity contribution in [2.75, 3.05) is 0 Å². The smallest absolute Gasteiger partial charge is 0.336 e. The van der Waals surface area contributed by atoms with Gasteiger partial charge in [0.25, 0.3) is 0 Å². The molecule has 0 aliphatic rings. The molecule has 0 saturated heterocycles. The Balaban J connectivity index is 1.73. The van der Waals surface area contributed by atoms with Crippen molar-refractivity contribution in [2.24, 2.45) is 0 Å². The van der Waals surface area contributed by atoms with E-state index in [9.17, 15) is 9.90 Å². The van der Waals surface area contributed by atoms with E-state index >= 15 is 0 Å². The van der Waals surface area contributed by atoms with Crippen molar-refractivity contribution in [2.45, 2.75) is 17.6 Å². The molecule has 3 rings (SSSR count). The van der Waals surface area contributed by atoms with Crippen LogP contribution < -0.4 is 0 Å². The number of aromatic nitrogens is 1. The van der Waals surface area contributed by atoms with Gasteiger partial charge < -0.3 is 5.11 Å². The maximum Gasteiger partial charge on any atom is 0.336 e. The molecule has 0 aliphatic heterocycles. The molecule has 0 saturated carbocycles. The molecule has 116 valence electrons. The van der Waals surface area contributed by atoms with Gasteiger partial charge in [0, 0.05) is 15.8 Å². The minimum Gasteiger partial charge on any atom is -0.478 e. The molecule has 0 aliphatic carbocycles. The summed E-state index contributed by atoms with van der Waals surface area (Å²) in [6, 6.07) is 15.4. The Morgan fingerprint density at radius 2 is 1.91 bits per heavy atom. The number of rotatable bonds is 5. The van der Waals surface area contributed by atoms with Crippen LogP contribution in [0.25, 0.3) is 11.3 Å². The van der Waals surface area contributed by atoms with Gasteiger partial charge in [0.05, 0.1) is 17.0 Å². The predicted molar refractivity (Wildman–Crippen MR) is 95.2 cm³/mol. The van der Waals surface area contributed by atoms with Crippen LogP contribution in [0.1, 0.15) is 20.9 Å². The zero-order chi connectivity index (χ0) is 16.2. The number of thioether (sulfide) groups is 1. The first-order valence-electron chi connectivity index (χ1n) is 7.10. The zero-order valence-corrected chi connectivity index (χ0v) is 14.2. The van der Waals surface area contributed by atoms with Gasteiger partial charge in [0.15, 0.2) is 0 Å². The van der Waals surface area contributed by atoms with E-state index in [4.69, 9.17) is 0 Å². The fourth-order valence-corrected chi connectivity index (χ4v) is 4.01. The number of benzene rings is 2. The largest absolute Gasteiger partial charge is 0.478 e. The van der Waals surface area contributed by atoms with Crippen LogP contribution in [0, 0.1) is 6.92 Å². The van der Waals surface area contributed by atoms with Crippen molar-refractivity contribution in [3.8, 4) is 11.3 Å². The first-order chi connectivity index (χ1) is 11.1. The molecule has 0 spiro atoms. The summed E-state index contributed by atoms with van der Waals surface area (Å²) in [5.41, 5.74) is 3.64. The van der Waals surface area contributed by atoms with Crippen LogP contribution in [0.4, 0.5) is 0 Å². The molecule has 3 nitrogen and oxygen atoms in total. The Bertz CT molecular complexity index is 825. The molecule has 0 unspecified atom stereocenters. The van der Waals surface area contributed by atoms with Crippen LogP contribution in [0.2, 0.25) is 0 Å². The van der Waals surface area contributed by atoms with Crippen LogP contribution in [-0.4, -0.2) is 16.1 Å². The van der Waals surface area contributed by atoms with Crippen molar-refractivity contribution in [1.82, 2.24) is 4.98 Å². The zero-order valence-electron chi connectivity index (χ0n) is 12.5. The first-order valence-corrected chi connectivity index (χ1v) is 8.96.